The summed E-state index contributed by atoms with van der Waals surface area (Å²) in [5, 5.41) is 0.731. The van der Waals surface area contributed by atoms with Crippen molar-refractivity contribution in [2.75, 3.05) is 11.4 Å². The molecule has 3 aromatic carbocycles. The maximum atomic E-state index is 13.7. The Labute approximate surface area is 190 Å². The molecule has 154 valence electrons. The van der Waals surface area contributed by atoms with Gasteiger partial charge in [-0.3, -0.25) is 9.59 Å². The lowest BCUT2D eigenvalue weighted by molar-refractivity contribution is -0.120. The number of imide groups is 1. The molecule has 0 N–H and O–H groups in total. The fourth-order valence-electron chi connectivity index (χ4n) is 4.27. The zero-order chi connectivity index (χ0) is 21.5. The summed E-state index contributed by atoms with van der Waals surface area (Å²) >= 11 is 12.3. The van der Waals surface area contributed by atoms with Gasteiger partial charge in [0, 0.05) is 23.1 Å². The highest BCUT2D eigenvalue weighted by molar-refractivity contribution is 6.46. The number of nitrogens with zero attached hydrogens (tertiary/aromatic N) is 2. The quantitative estimate of drug-likeness (QED) is 0.507. The molecule has 0 aromatic heterocycles. The van der Waals surface area contributed by atoms with Gasteiger partial charge in [-0.25, -0.2) is 4.90 Å². The zero-order valence-electron chi connectivity index (χ0n) is 16.5. The number of hydrogen-bond donors (Lipinski definition) is 0. The molecule has 0 bridgehead atoms. The molecule has 2 aliphatic rings. The van der Waals surface area contributed by atoms with Crippen LogP contribution in [0.5, 0.6) is 0 Å². The van der Waals surface area contributed by atoms with Crippen LogP contribution in [0, 0.1) is 0 Å². The van der Waals surface area contributed by atoms with Gasteiger partial charge in [-0.2, -0.15) is 0 Å². The molecule has 2 amide bonds. The molecule has 0 spiro atoms. The lowest BCUT2D eigenvalue weighted by Gasteiger charge is -2.31. The Morgan fingerprint density at radius 3 is 2.10 bits per heavy atom. The summed E-state index contributed by atoms with van der Waals surface area (Å²) in [7, 11) is 0. The second-order valence-corrected chi connectivity index (χ2v) is 8.48. The summed E-state index contributed by atoms with van der Waals surface area (Å²) in [6.07, 6.45) is 0.812. The molecule has 0 aliphatic carbocycles. The van der Waals surface area contributed by atoms with Crippen molar-refractivity contribution in [2.45, 2.75) is 13.0 Å². The molecule has 2 heterocycles. The van der Waals surface area contributed by atoms with E-state index in [0.717, 1.165) is 12.0 Å². The fraction of sp³-hybridized carbons (Fsp3) is 0.120. The van der Waals surface area contributed by atoms with Crippen molar-refractivity contribution in [3.05, 3.63) is 105 Å². The van der Waals surface area contributed by atoms with E-state index in [1.54, 1.807) is 18.2 Å². The van der Waals surface area contributed by atoms with Crippen LogP contribution in [0.2, 0.25) is 10.0 Å². The lowest BCUT2D eigenvalue weighted by Crippen LogP contribution is -2.37. The summed E-state index contributed by atoms with van der Waals surface area (Å²) in [6, 6.07) is 22.3. The monoisotopic (exact) mass is 448 g/mol. The standard InChI is InChI=1S/C25H18Cl2N2O2/c26-19-12-20(27)14-21(13-19)29-24(30)22(17-7-2-1-3-8-17)23(25(29)31)28-11-10-16-6-4-5-9-18(16)15-28/h1-9,12-14H,10-11,15H2. The van der Waals surface area contributed by atoms with Crippen LogP contribution in [0.15, 0.2) is 78.5 Å². The van der Waals surface area contributed by atoms with Crippen molar-refractivity contribution >= 4 is 46.3 Å². The van der Waals surface area contributed by atoms with Gasteiger partial charge in [-0.1, -0.05) is 77.8 Å². The number of amides is 2. The van der Waals surface area contributed by atoms with Crippen molar-refractivity contribution < 1.29 is 9.59 Å². The van der Waals surface area contributed by atoms with Crippen LogP contribution in [-0.4, -0.2) is 23.3 Å². The topological polar surface area (TPSA) is 40.6 Å². The van der Waals surface area contributed by atoms with E-state index in [4.69, 9.17) is 23.2 Å². The third-order valence-corrected chi connectivity index (χ3v) is 6.11. The maximum Gasteiger partial charge on any atom is 0.282 e. The van der Waals surface area contributed by atoms with Gasteiger partial charge in [0.2, 0.25) is 0 Å². The second-order valence-electron chi connectivity index (χ2n) is 7.60. The first kappa shape index (κ1) is 19.9. The van der Waals surface area contributed by atoms with Crippen LogP contribution in [-0.2, 0) is 22.6 Å². The van der Waals surface area contributed by atoms with Crippen LogP contribution in [0.3, 0.4) is 0 Å². The van der Waals surface area contributed by atoms with E-state index < -0.39 is 0 Å². The first-order chi connectivity index (χ1) is 15.0. The van der Waals surface area contributed by atoms with E-state index in [1.807, 2.05) is 47.4 Å². The lowest BCUT2D eigenvalue weighted by atomic mass is 9.98. The Bertz CT molecular complexity index is 1220. The van der Waals surface area contributed by atoms with Crippen LogP contribution < -0.4 is 4.90 Å². The number of rotatable bonds is 3. The van der Waals surface area contributed by atoms with Gasteiger partial charge >= 0.3 is 0 Å². The summed E-state index contributed by atoms with van der Waals surface area (Å²) in [5.74, 6) is -0.732. The van der Waals surface area contributed by atoms with Gasteiger partial charge in [0.05, 0.1) is 11.3 Å². The van der Waals surface area contributed by atoms with E-state index in [2.05, 4.69) is 12.1 Å². The predicted molar refractivity (Wildman–Crippen MR) is 123 cm³/mol. The first-order valence-electron chi connectivity index (χ1n) is 9.99. The SMILES string of the molecule is O=C1C(c2ccccc2)=C(N2CCc3ccccc3C2)C(=O)N1c1cc(Cl)cc(Cl)c1. The molecule has 0 saturated carbocycles. The molecule has 0 saturated heterocycles. The Kier molecular flexibility index (Phi) is 5.05. The second kappa shape index (κ2) is 7.88. The number of carbonyl (C=O) groups excluding carboxylic acids is 2. The van der Waals surface area contributed by atoms with Gasteiger partial charge in [0.25, 0.3) is 11.8 Å². The maximum absolute atomic E-state index is 13.7. The number of halogens is 2. The zero-order valence-corrected chi connectivity index (χ0v) is 18.0. The normalized spacial score (nSPS) is 16.2. The highest BCUT2D eigenvalue weighted by Crippen LogP contribution is 2.38. The number of anilines is 1. The summed E-state index contributed by atoms with van der Waals surface area (Å²) in [6.45, 7) is 1.23. The molecule has 5 rings (SSSR count). The van der Waals surface area contributed by atoms with E-state index >= 15 is 0 Å². The average molecular weight is 449 g/mol. The highest BCUT2D eigenvalue weighted by Gasteiger charge is 2.43. The fourth-order valence-corrected chi connectivity index (χ4v) is 4.78. The predicted octanol–water partition coefficient (Wildman–Crippen LogP) is 5.34. The molecular weight excluding hydrogens is 431 g/mol. The molecule has 6 heteroatoms. The Hall–Kier alpha value is -3.08. The number of fused-ring (bicyclic) bond motifs is 1. The van der Waals surface area contributed by atoms with E-state index in [9.17, 15) is 9.59 Å². The van der Waals surface area contributed by atoms with Gasteiger partial charge in [0.15, 0.2) is 0 Å². The molecule has 31 heavy (non-hydrogen) atoms. The van der Waals surface area contributed by atoms with E-state index in [0.29, 0.717) is 45.7 Å². The Morgan fingerprint density at radius 2 is 1.39 bits per heavy atom. The van der Waals surface area contributed by atoms with Gasteiger partial charge in [0.1, 0.15) is 5.70 Å². The average Bonchev–Trinajstić information content (AvgIpc) is 3.03. The Balaban J connectivity index is 1.63. The third-order valence-electron chi connectivity index (χ3n) is 5.67. The third kappa shape index (κ3) is 3.52. The minimum atomic E-state index is -0.372. The van der Waals surface area contributed by atoms with Crippen LogP contribution >= 0.6 is 23.2 Å². The molecule has 0 radical (unpaired) electrons. The Morgan fingerprint density at radius 1 is 0.742 bits per heavy atom. The molecule has 0 fully saturated rings. The number of carbonyl (C=O) groups is 2. The summed E-state index contributed by atoms with van der Waals surface area (Å²) < 4.78 is 0. The molecule has 2 aliphatic heterocycles. The van der Waals surface area contributed by atoms with Crippen molar-refractivity contribution in [2.24, 2.45) is 0 Å². The summed E-state index contributed by atoms with van der Waals surface area (Å²) in [5.41, 5.74) is 4.34. The largest absolute Gasteiger partial charge is 0.362 e. The van der Waals surface area contributed by atoms with Gasteiger partial charge in [-0.05, 0) is 41.3 Å². The number of hydrogen-bond acceptors (Lipinski definition) is 3. The van der Waals surface area contributed by atoms with Gasteiger partial charge in [-0.15, -0.1) is 0 Å². The van der Waals surface area contributed by atoms with Crippen molar-refractivity contribution in [3.63, 3.8) is 0 Å². The molecular formula is C25H18Cl2N2O2. The van der Waals surface area contributed by atoms with E-state index in [-0.39, 0.29) is 11.8 Å². The highest BCUT2D eigenvalue weighted by atomic mass is 35.5. The number of benzene rings is 3. The molecule has 0 atom stereocenters. The smallest absolute Gasteiger partial charge is 0.282 e. The van der Waals surface area contributed by atoms with Gasteiger partial charge < -0.3 is 4.90 Å². The van der Waals surface area contributed by atoms with E-state index in [1.165, 1.54) is 10.5 Å². The van der Waals surface area contributed by atoms with Crippen molar-refractivity contribution in [1.29, 1.82) is 0 Å². The van der Waals surface area contributed by atoms with Crippen LogP contribution in [0.1, 0.15) is 16.7 Å². The molecule has 0 unspecified atom stereocenters. The van der Waals surface area contributed by atoms with Crippen LogP contribution in [0.25, 0.3) is 5.57 Å². The minimum Gasteiger partial charge on any atom is -0.362 e. The van der Waals surface area contributed by atoms with Crippen LogP contribution in [0.4, 0.5) is 5.69 Å². The molecule has 3 aromatic rings. The molecule has 4 nitrogen and oxygen atoms in total. The van der Waals surface area contributed by atoms with Crippen molar-refractivity contribution in [1.82, 2.24) is 4.90 Å². The minimum absolute atomic E-state index is 0.360. The van der Waals surface area contributed by atoms with Crippen molar-refractivity contribution in [3.8, 4) is 0 Å². The first-order valence-corrected chi connectivity index (χ1v) is 10.7. The summed E-state index contributed by atoms with van der Waals surface area (Å²) in [4.78, 5) is 30.4.